The number of rotatable bonds is 2. The van der Waals surface area contributed by atoms with E-state index in [0.717, 1.165) is 24.2 Å². The van der Waals surface area contributed by atoms with Gasteiger partial charge in [0, 0.05) is 5.92 Å². The lowest BCUT2D eigenvalue weighted by Gasteiger charge is -2.07. The molecule has 2 heterocycles. The van der Waals surface area contributed by atoms with Crippen molar-refractivity contribution in [2.45, 2.75) is 25.7 Å². The molecule has 0 radical (unpaired) electrons. The predicted octanol–water partition coefficient (Wildman–Crippen LogP) is 2.75. The number of nitriles is 1. The molecular formula is C17H14N4O. The van der Waals surface area contributed by atoms with Crippen LogP contribution in [0.15, 0.2) is 35.1 Å². The number of pyridine rings is 1. The Hall–Kier alpha value is -2.87. The highest BCUT2D eigenvalue weighted by atomic mass is 16.1. The lowest BCUT2D eigenvalue weighted by atomic mass is 9.99. The minimum atomic E-state index is -0.180. The molecule has 0 unspecified atom stereocenters. The van der Waals surface area contributed by atoms with Crippen LogP contribution in [0, 0.1) is 18.3 Å². The van der Waals surface area contributed by atoms with Crippen molar-refractivity contribution in [2.24, 2.45) is 0 Å². The van der Waals surface area contributed by atoms with E-state index in [0.29, 0.717) is 28.3 Å². The molecule has 1 aromatic carbocycles. The smallest absolute Gasteiger partial charge is 0.281 e. The minimum Gasteiger partial charge on any atom is -0.325 e. The van der Waals surface area contributed by atoms with Crippen LogP contribution in [0.3, 0.4) is 0 Å². The number of benzene rings is 1. The molecular weight excluding hydrogens is 276 g/mol. The normalized spacial score (nSPS) is 14.2. The third-order valence-electron chi connectivity index (χ3n) is 4.20. The summed E-state index contributed by atoms with van der Waals surface area (Å²) in [6, 6.07) is 11.6. The summed E-state index contributed by atoms with van der Waals surface area (Å²) in [5, 5.41) is 13.9. The Bertz CT molecular complexity index is 972. The Balaban J connectivity index is 2.10. The average Bonchev–Trinajstić information content (AvgIpc) is 3.29. The van der Waals surface area contributed by atoms with Crippen LogP contribution >= 0.6 is 0 Å². The Morgan fingerprint density at radius 3 is 2.68 bits per heavy atom. The highest BCUT2D eigenvalue weighted by Crippen LogP contribution is 2.38. The van der Waals surface area contributed by atoms with Crippen molar-refractivity contribution in [3.05, 3.63) is 57.6 Å². The summed E-state index contributed by atoms with van der Waals surface area (Å²) in [4.78, 5) is 16.0. The topological polar surface area (TPSA) is 74.0 Å². The van der Waals surface area contributed by atoms with Gasteiger partial charge < -0.3 is 4.98 Å². The van der Waals surface area contributed by atoms with Crippen molar-refractivity contribution < 1.29 is 0 Å². The fourth-order valence-corrected chi connectivity index (χ4v) is 2.86. The Morgan fingerprint density at radius 2 is 2.05 bits per heavy atom. The molecule has 0 saturated heterocycles. The standard InChI is InChI=1S/C17H14N4O/c1-10-13(9-18)16-19-15(12-7-8-12)20-21(16)17(22)14(10)11-5-3-2-4-6-11/h2-6,12H,7-8H2,1H3,(H,19,20). The molecule has 0 spiro atoms. The number of nitrogens with zero attached hydrogens (tertiary/aromatic N) is 3. The van der Waals surface area contributed by atoms with Gasteiger partial charge >= 0.3 is 0 Å². The molecule has 0 amide bonds. The van der Waals surface area contributed by atoms with Crippen molar-refractivity contribution in [3.63, 3.8) is 0 Å². The van der Waals surface area contributed by atoms with Gasteiger partial charge in [-0.3, -0.25) is 4.79 Å². The second-order valence-electron chi connectivity index (χ2n) is 5.70. The van der Waals surface area contributed by atoms with Crippen LogP contribution in [0.5, 0.6) is 0 Å². The van der Waals surface area contributed by atoms with E-state index in [9.17, 15) is 10.1 Å². The van der Waals surface area contributed by atoms with Gasteiger partial charge in [0.15, 0.2) is 5.65 Å². The quantitative estimate of drug-likeness (QED) is 0.788. The van der Waals surface area contributed by atoms with Crippen molar-refractivity contribution in [2.75, 3.05) is 0 Å². The van der Waals surface area contributed by atoms with E-state index in [1.807, 2.05) is 37.3 Å². The van der Waals surface area contributed by atoms with Gasteiger partial charge in [0.05, 0.1) is 11.1 Å². The van der Waals surface area contributed by atoms with Crippen LogP contribution in [-0.2, 0) is 0 Å². The van der Waals surface area contributed by atoms with E-state index >= 15 is 0 Å². The molecule has 5 heteroatoms. The molecule has 108 valence electrons. The predicted molar refractivity (Wildman–Crippen MR) is 82.7 cm³/mol. The fourth-order valence-electron chi connectivity index (χ4n) is 2.86. The van der Waals surface area contributed by atoms with Crippen molar-refractivity contribution in [1.82, 2.24) is 14.6 Å². The van der Waals surface area contributed by atoms with Gasteiger partial charge in [-0.05, 0) is 30.9 Å². The maximum atomic E-state index is 12.8. The largest absolute Gasteiger partial charge is 0.325 e. The summed E-state index contributed by atoms with van der Waals surface area (Å²) < 4.78 is 1.35. The second-order valence-corrected chi connectivity index (χ2v) is 5.70. The summed E-state index contributed by atoms with van der Waals surface area (Å²) in [5.41, 5.74) is 2.87. The summed E-state index contributed by atoms with van der Waals surface area (Å²) >= 11 is 0. The third-order valence-corrected chi connectivity index (χ3v) is 4.20. The first-order chi connectivity index (χ1) is 10.7. The van der Waals surface area contributed by atoms with Gasteiger partial charge in [-0.1, -0.05) is 30.3 Å². The van der Waals surface area contributed by atoms with Crippen LogP contribution in [-0.4, -0.2) is 14.6 Å². The van der Waals surface area contributed by atoms with Gasteiger partial charge in [0.1, 0.15) is 11.9 Å². The molecule has 4 rings (SSSR count). The fraction of sp³-hybridized carbons (Fsp3) is 0.235. The van der Waals surface area contributed by atoms with Gasteiger partial charge in [-0.2, -0.15) is 9.78 Å². The number of fused-ring (bicyclic) bond motifs is 1. The van der Waals surface area contributed by atoms with Crippen LogP contribution in [0.4, 0.5) is 0 Å². The Labute approximate surface area is 126 Å². The first-order valence-electron chi connectivity index (χ1n) is 7.31. The average molecular weight is 290 g/mol. The Kier molecular flexibility index (Phi) is 2.67. The van der Waals surface area contributed by atoms with E-state index in [1.54, 1.807) is 0 Å². The summed E-state index contributed by atoms with van der Waals surface area (Å²) in [6.07, 6.45) is 2.17. The molecule has 2 aromatic heterocycles. The number of hydrogen-bond donors (Lipinski definition) is 1. The highest BCUT2D eigenvalue weighted by Gasteiger charge is 2.29. The van der Waals surface area contributed by atoms with Crippen molar-refractivity contribution in [1.29, 1.82) is 5.26 Å². The third kappa shape index (κ3) is 1.77. The van der Waals surface area contributed by atoms with Crippen molar-refractivity contribution in [3.8, 4) is 17.2 Å². The summed E-state index contributed by atoms with van der Waals surface area (Å²) in [7, 11) is 0. The first kappa shape index (κ1) is 12.8. The molecule has 0 atom stereocenters. The molecule has 3 aromatic rings. The molecule has 5 nitrogen and oxygen atoms in total. The van der Waals surface area contributed by atoms with Crippen LogP contribution in [0.2, 0.25) is 0 Å². The Morgan fingerprint density at radius 1 is 1.32 bits per heavy atom. The van der Waals surface area contributed by atoms with Gasteiger partial charge in [0.2, 0.25) is 0 Å². The highest BCUT2D eigenvalue weighted by molar-refractivity contribution is 5.73. The summed E-state index contributed by atoms with van der Waals surface area (Å²) in [6.45, 7) is 1.82. The van der Waals surface area contributed by atoms with Gasteiger partial charge in [0.25, 0.3) is 5.56 Å². The second kappa shape index (κ2) is 4.57. The number of nitrogens with one attached hydrogen (secondary N) is 1. The zero-order chi connectivity index (χ0) is 15.3. The summed E-state index contributed by atoms with van der Waals surface area (Å²) in [5.74, 6) is 1.20. The van der Waals surface area contributed by atoms with Gasteiger partial charge in [-0.25, -0.2) is 0 Å². The van der Waals surface area contributed by atoms with E-state index in [-0.39, 0.29) is 5.56 Å². The van der Waals surface area contributed by atoms with E-state index in [2.05, 4.69) is 16.2 Å². The lowest BCUT2D eigenvalue weighted by molar-refractivity contribution is 0.855. The molecule has 0 bridgehead atoms. The molecule has 1 saturated carbocycles. The molecule has 22 heavy (non-hydrogen) atoms. The van der Waals surface area contributed by atoms with E-state index in [1.165, 1.54) is 4.52 Å². The maximum Gasteiger partial charge on any atom is 0.281 e. The van der Waals surface area contributed by atoms with E-state index in [4.69, 9.17) is 0 Å². The number of aromatic amines is 1. The van der Waals surface area contributed by atoms with Crippen LogP contribution < -0.4 is 5.56 Å². The van der Waals surface area contributed by atoms with Gasteiger partial charge in [-0.15, -0.1) is 5.10 Å². The minimum absolute atomic E-state index is 0.180. The van der Waals surface area contributed by atoms with E-state index < -0.39 is 0 Å². The number of aromatic nitrogens is 3. The zero-order valence-corrected chi connectivity index (χ0v) is 12.1. The number of H-pyrrole nitrogens is 1. The molecule has 1 aliphatic rings. The monoisotopic (exact) mass is 290 g/mol. The zero-order valence-electron chi connectivity index (χ0n) is 12.1. The molecule has 1 fully saturated rings. The number of hydrogen-bond acceptors (Lipinski definition) is 3. The van der Waals surface area contributed by atoms with Crippen LogP contribution in [0.1, 0.15) is 35.7 Å². The SMILES string of the molecule is Cc1c(-c2ccccc2)c(=O)n2nc(C3CC3)[nH]c2c1C#N. The lowest BCUT2D eigenvalue weighted by Crippen LogP contribution is -2.19. The first-order valence-corrected chi connectivity index (χ1v) is 7.31. The maximum absolute atomic E-state index is 12.8. The molecule has 1 N–H and O–H groups in total. The molecule has 0 aliphatic heterocycles. The molecule has 1 aliphatic carbocycles. The van der Waals surface area contributed by atoms with Crippen molar-refractivity contribution >= 4 is 5.65 Å². The van der Waals surface area contributed by atoms with Crippen LogP contribution in [0.25, 0.3) is 16.8 Å².